The van der Waals surface area contributed by atoms with Gasteiger partial charge in [-0.3, -0.25) is 9.59 Å². The van der Waals surface area contributed by atoms with Crippen LogP contribution in [0.25, 0.3) is 0 Å². The summed E-state index contributed by atoms with van der Waals surface area (Å²) in [6.45, 7) is 11.5. The Morgan fingerprint density at radius 2 is 1.17 bits per heavy atom. The van der Waals surface area contributed by atoms with E-state index in [1.54, 1.807) is 46.9 Å². The fourth-order valence-electron chi connectivity index (χ4n) is 8.63. The molecule has 0 unspecified atom stereocenters. The molecule has 2 saturated heterocycles. The summed E-state index contributed by atoms with van der Waals surface area (Å²) >= 11 is 0. The first kappa shape index (κ1) is 48.2. The first-order valence-corrected chi connectivity index (χ1v) is 23.8. The van der Waals surface area contributed by atoms with E-state index >= 15 is 0 Å². The van der Waals surface area contributed by atoms with Gasteiger partial charge in [0.15, 0.2) is 0 Å². The molecule has 1 aromatic carbocycles. The molecule has 0 spiro atoms. The van der Waals surface area contributed by atoms with E-state index in [4.69, 9.17) is 9.47 Å². The van der Waals surface area contributed by atoms with Crippen molar-refractivity contribution in [3.05, 3.63) is 35.9 Å². The van der Waals surface area contributed by atoms with Gasteiger partial charge in [-0.1, -0.05) is 57.0 Å². The van der Waals surface area contributed by atoms with Gasteiger partial charge in [0.25, 0.3) is 0 Å². The maximum atomic E-state index is 13.7. The predicted octanol–water partition coefficient (Wildman–Crippen LogP) is 5.65. The van der Waals surface area contributed by atoms with Crippen LogP contribution in [0.15, 0.2) is 30.3 Å². The number of hydrogen-bond acceptors (Lipinski definition) is 10. The molecule has 6 atom stereocenters. The normalized spacial score (nSPS) is 26.1. The SMILES string of the molecule is CCCCC(C)(C)OC(=O)N1[C@H]2CC[C@H](C(=O)N(C)C)C[C@H]2N(Cc2ccccc2)S1(=O)=O.CCCCC(C)(C)OC(=O)N1[C@H]2CC[C@H](C(=O)N(C)C)C[C@H]2NS1(=O)=O. The van der Waals surface area contributed by atoms with Crippen molar-refractivity contribution in [1.82, 2.24) is 27.4 Å². The molecule has 0 bridgehead atoms. The first-order valence-electron chi connectivity index (χ1n) is 21.0. The summed E-state index contributed by atoms with van der Waals surface area (Å²) in [5, 5.41) is 0. The molecule has 0 radical (unpaired) electrons. The second-order valence-corrected chi connectivity index (χ2v) is 21.3. The quantitative estimate of drug-likeness (QED) is 0.276. The molecule has 2 aliphatic carbocycles. The number of carbonyl (C=O) groups excluding carboxylic acids is 4. The third kappa shape index (κ3) is 11.7. The number of nitrogens with one attached hydrogen (secondary N) is 1. The van der Waals surface area contributed by atoms with Crippen LogP contribution in [0.3, 0.4) is 0 Å². The highest BCUT2D eigenvalue weighted by Crippen LogP contribution is 2.42. The minimum Gasteiger partial charge on any atom is -0.443 e. The summed E-state index contributed by atoms with van der Waals surface area (Å²) in [6, 6.07) is 7.36. The van der Waals surface area contributed by atoms with E-state index in [1.165, 1.54) is 9.21 Å². The number of rotatable bonds is 12. The van der Waals surface area contributed by atoms with E-state index in [2.05, 4.69) is 11.6 Å². The monoisotopic (exact) mass is 868 g/mol. The van der Waals surface area contributed by atoms with Crippen LogP contribution in [0.2, 0.25) is 0 Å². The van der Waals surface area contributed by atoms with Crippen LogP contribution in [0.4, 0.5) is 9.59 Å². The molecule has 0 aromatic heterocycles. The van der Waals surface area contributed by atoms with Crippen LogP contribution in [0.5, 0.6) is 0 Å². The van der Waals surface area contributed by atoms with Crippen molar-refractivity contribution in [1.29, 1.82) is 0 Å². The highest BCUT2D eigenvalue weighted by atomic mass is 32.2. The third-order valence-electron chi connectivity index (χ3n) is 11.8. The molecule has 1 aromatic rings. The van der Waals surface area contributed by atoms with Crippen molar-refractivity contribution in [3.8, 4) is 0 Å². The van der Waals surface area contributed by atoms with Gasteiger partial charge in [0, 0.05) is 58.7 Å². The summed E-state index contributed by atoms with van der Waals surface area (Å²) in [7, 11) is -1.25. The van der Waals surface area contributed by atoms with Gasteiger partial charge in [-0.25, -0.2) is 9.59 Å². The minimum atomic E-state index is -4.10. The van der Waals surface area contributed by atoms with Gasteiger partial charge in [0.05, 0.1) is 12.1 Å². The minimum absolute atomic E-state index is 0.00719. The van der Waals surface area contributed by atoms with Crippen LogP contribution in [-0.4, -0.2) is 127 Å². The first-order chi connectivity index (χ1) is 27.5. The van der Waals surface area contributed by atoms with E-state index in [0.29, 0.717) is 51.4 Å². The maximum absolute atomic E-state index is 13.7. The van der Waals surface area contributed by atoms with E-state index in [1.807, 2.05) is 51.1 Å². The lowest BCUT2D eigenvalue weighted by Crippen LogP contribution is -2.48. The van der Waals surface area contributed by atoms with Gasteiger partial charge in [0.1, 0.15) is 11.2 Å². The Kier molecular flexibility index (Phi) is 15.9. The largest absolute Gasteiger partial charge is 0.443 e. The number of benzene rings is 1. The predicted molar refractivity (Wildman–Crippen MR) is 224 cm³/mol. The molecule has 16 nitrogen and oxygen atoms in total. The van der Waals surface area contributed by atoms with Crippen LogP contribution in [0.1, 0.15) is 124 Å². The van der Waals surface area contributed by atoms with Gasteiger partial charge < -0.3 is 19.3 Å². The summed E-state index contributed by atoms with van der Waals surface area (Å²) in [4.78, 5) is 53.8. The Labute approximate surface area is 352 Å². The lowest BCUT2D eigenvalue weighted by atomic mass is 9.81. The molecule has 4 aliphatic rings. The van der Waals surface area contributed by atoms with E-state index < -0.39 is 68.0 Å². The molecule has 59 heavy (non-hydrogen) atoms. The molecule has 2 saturated carbocycles. The Morgan fingerprint density at radius 1 is 0.695 bits per heavy atom. The Bertz CT molecular complexity index is 1860. The summed E-state index contributed by atoms with van der Waals surface area (Å²) in [5.74, 6) is -0.519. The van der Waals surface area contributed by atoms with Crippen molar-refractivity contribution >= 4 is 44.4 Å². The van der Waals surface area contributed by atoms with Gasteiger partial charge in [0.2, 0.25) is 11.8 Å². The van der Waals surface area contributed by atoms with Crippen LogP contribution >= 0.6 is 0 Å². The zero-order valence-corrected chi connectivity index (χ0v) is 38.3. The lowest BCUT2D eigenvalue weighted by Gasteiger charge is -2.35. The fraction of sp³-hybridized carbons (Fsp3) is 0.756. The standard InChI is InChI=1S/C24H37N3O5S.C17H31N3O5S/c1-6-7-15-24(2,3)32-23(29)27-20-14-13-19(22(28)25(4)5)16-21(20)26(33(27,30)31)17-18-11-9-8-10-12-18;1-6-7-10-17(2,3)25-16(22)20-14-9-8-12(15(21)19(4)5)11-13(14)18-26(20,23)24/h8-12,19-21H,6-7,13-17H2,1-5H3;12-14,18H,6-11H2,1-5H3/t19-,20-,21+;12-,13+,14-/m00/s1. The molecule has 4 amide bonds. The second-order valence-electron chi connectivity index (χ2n) is 18.0. The molecule has 4 fully saturated rings. The molecule has 334 valence electrons. The van der Waals surface area contributed by atoms with Gasteiger partial charge in [-0.15, -0.1) is 0 Å². The number of hydrogen-bond donors (Lipinski definition) is 1. The summed E-state index contributed by atoms with van der Waals surface area (Å²) in [6.07, 6.45) is 6.14. The lowest BCUT2D eigenvalue weighted by molar-refractivity contribution is -0.135. The summed E-state index contributed by atoms with van der Waals surface area (Å²) < 4.78 is 69.3. The highest BCUT2D eigenvalue weighted by molar-refractivity contribution is 7.88. The van der Waals surface area contributed by atoms with Gasteiger partial charge in [-0.05, 0) is 97.5 Å². The average molecular weight is 869 g/mol. The average Bonchev–Trinajstić information content (AvgIpc) is 3.56. The molecule has 5 rings (SSSR count). The topological polar surface area (TPSA) is 183 Å². The zero-order chi connectivity index (χ0) is 44.1. The van der Waals surface area contributed by atoms with Crippen LogP contribution in [-0.2, 0) is 46.0 Å². The number of fused-ring (bicyclic) bond motifs is 2. The Hall–Kier alpha value is -3.48. The smallest absolute Gasteiger partial charge is 0.425 e. The maximum Gasteiger partial charge on any atom is 0.425 e. The number of nitrogens with zero attached hydrogens (tertiary/aromatic N) is 5. The van der Waals surface area contributed by atoms with Crippen molar-refractivity contribution in [2.24, 2.45) is 11.8 Å². The second kappa shape index (κ2) is 19.5. The molecular weight excluding hydrogens is 801 g/mol. The molecule has 1 N–H and O–H groups in total. The Balaban J connectivity index is 0.000000268. The molecule has 2 aliphatic heterocycles. The van der Waals surface area contributed by atoms with Crippen molar-refractivity contribution in [2.75, 3.05) is 28.2 Å². The van der Waals surface area contributed by atoms with Gasteiger partial charge >= 0.3 is 32.6 Å². The van der Waals surface area contributed by atoms with Crippen LogP contribution in [0, 0.1) is 11.8 Å². The van der Waals surface area contributed by atoms with Crippen molar-refractivity contribution < 1.29 is 45.5 Å². The van der Waals surface area contributed by atoms with Gasteiger partial charge in [-0.2, -0.15) is 34.5 Å². The number of carbonyl (C=O) groups is 4. The number of unbranched alkanes of at least 4 members (excludes halogenated alkanes) is 2. The van der Waals surface area contributed by atoms with Crippen LogP contribution < -0.4 is 4.72 Å². The van der Waals surface area contributed by atoms with Crippen molar-refractivity contribution in [2.45, 2.75) is 161 Å². The highest BCUT2D eigenvalue weighted by Gasteiger charge is 2.57. The number of ether oxygens (including phenoxy) is 2. The number of amides is 4. The third-order valence-corrected chi connectivity index (χ3v) is 15.2. The zero-order valence-electron chi connectivity index (χ0n) is 36.7. The van der Waals surface area contributed by atoms with E-state index in [9.17, 15) is 36.0 Å². The molecule has 2 heterocycles. The molecular formula is C41H68N6O10S2. The Morgan fingerprint density at radius 3 is 1.66 bits per heavy atom. The van der Waals surface area contributed by atoms with Crippen molar-refractivity contribution in [3.63, 3.8) is 0 Å². The fourth-order valence-corrected chi connectivity index (χ4v) is 12.1. The molecule has 18 heteroatoms. The van der Waals surface area contributed by atoms with E-state index in [-0.39, 0.29) is 30.2 Å². The summed E-state index contributed by atoms with van der Waals surface area (Å²) in [5.41, 5.74) is -0.652. The van der Waals surface area contributed by atoms with E-state index in [0.717, 1.165) is 39.9 Å².